The predicted molar refractivity (Wildman–Crippen MR) is 98.3 cm³/mol. The zero-order valence-electron chi connectivity index (χ0n) is 13.5. The van der Waals surface area contributed by atoms with E-state index >= 15 is 0 Å². The van der Waals surface area contributed by atoms with E-state index in [0.29, 0.717) is 25.5 Å². The number of hydrogen-bond acceptors (Lipinski definition) is 7. The molecule has 2 atom stereocenters. The van der Waals surface area contributed by atoms with Crippen LogP contribution in [0.5, 0.6) is 0 Å². The Hall–Kier alpha value is -1.58. The van der Waals surface area contributed by atoms with E-state index in [9.17, 15) is 13.2 Å². The van der Waals surface area contributed by atoms with Crippen LogP contribution in [0, 0.1) is 0 Å². The minimum absolute atomic E-state index is 0.109. The maximum Gasteiger partial charge on any atom is 0.350 e. The number of sulfone groups is 1. The van der Waals surface area contributed by atoms with Crippen LogP contribution in [0.2, 0.25) is 0 Å². The van der Waals surface area contributed by atoms with Crippen LogP contribution in [0.15, 0.2) is 27.9 Å². The number of aromatic nitrogens is 2. The van der Waals surface area contributed by atoms with Crippen LogP contribution in [0.25, 0.3) is 10.9 Å². The largest absolute Gasteiger partial charge is 0.353 e. The highest BCUT2D eigenvalue weighted by molar-refractivity contribution is 7.99. The summed E-state index contributed by atoms with van der Waals surface area (Å²) in [5.41, 5.74) is 0.747. The highest BCUT2D eigenvalue weighted by Crippen LogP contribution is 2.35. The van der Waals surface area contributed by atoms with Gasteiger partial charge in [-0.15, -0.1) is 11.8 Å². The molecule has 25 heavy (non-hydrogen) atoms. The first-order valence-corrected chi connectivity index (χ1v) is 11.2. The van der Waals surface area contributed by atoms with Crippen LogP contribution < -0.4 is 15.9 Å². The minimum atomic E-state index is -2.99. The molecule has 132 valence electrons. The van der Waals surface area contributed by atoms with Crippen LogP contribution in [-0.4, -0.2) is 60.4 Å². The molecule has 1 N–H and O–H groups in total. The van der Waals surface area contributed by atoms with Crippen molar-refractivity contribution in [2.75, 3.05) is 35.2 Å². The fraction of sp³-hybridized carbons (Fsp3) is 0.500. The number of anilines is 1. The van der Waals surface area contributed by atoms with E-state index in [4.69, 9.17) is 0 Å². The first-order chi connectivity index (χ1) is 12.0. The van der Waals surface area contributed by atoms with Crippen molar-refractivity contribution in [3.05, 3.63) is 28.7 Å². The molecule has 3 aliphatic rings. The van der Waals surface area contributed by atoms with Crippen LogP contribution >= 0.6 is 11.8 Å². The third kappa shape index (κ3) is 2.56. The molecule has 9 heteroatoms. The average Bonchev–Trinajstić information content (AvgIpc) is 2.56. The molecule has 0 spiro atoms. The number of thioether (sulfide) groups is 1. The topological polar surface area (TPSA) is 84.3 Å². The van der Waals surface area contributed by atoms with Crippen molar-refractivity contribution in [3.8, 4) is 0 Å². The summed E-state index contributed by atoms with van der Waals surface area (Å²) in [5.74, 6) is 1.87. The van der Waals surface area contributed by atoms with Gasteiger partial charge in [0.1, 0.15) is 5.82 Å². The molecule has 3 aliphatic heterocycles. The van der Waals surface area contributed by atoms with Crippen LogP contribution in [0.1, 0.15) is 0 Å². The van der Waals surface area contributed by atoms with E-state index in [2.05, 4.69) is 15.2 Å². The minimum Gasteiger partial charge on any atom is -0.353 e. The number of hydrogen-bond donors (Lipinski definition) is 1. The highest BCUT2D eigenvalue weighted by Gasteiger charge is 2.38. The number of para-hydroxylation sites is 1. The van der Waals surface area contributed by atoms with E-state index in [-0.39, 0.29) is 29.3 Å². The second kappa shape index (κ2) is 5.46. The number of rotatable bonds is 1. The maximum absolute atomic E-state index is 12.6. The molecule has 0 amide bonds. The average molecular weight is 378 g/mol. The molecule has 2 bridgehead atoms. The van der Waals surface area contributed by atoms with Crippen LogP contribution in [0.4, 0.5) is 5.82 Å². The quantitative estimate of drug-likeness (QED) is 0.752. The number of nitrogens with zero attached hydrogens (tertiary/aromatic N) is 3. The van der Waals surface area contributed by atoms with Gasteiger partial charge in [0, 0.05) is 47.8 Å². The second-order valence-corrected chi connectivity index (χ2v) is 10.2. The Labute approximate surface area is 149 Å². The predicted octanol–water partition coefficient (Wildman–Crippen LogP) is 0.0774. The lowest BCUT2D eigenvalue weighted by Gasteiger charge is -2.42. The van der Waals surface area contributed by atoms with Gasteiger partial charge in [-0.05, 0) is 12.1 Å². The standard InChI is InChI=1S/C16H18N4O3S2/c21-16-18-15(12-2-1-3-13-14(12)20(16)4-5-24-13)19-6-10-8-25(22,23)9-11(7-19)17-10/h1-3,10-11,17H,4-9H2. The number of fused-ring (bicyclic) bond motifs is 2. The zero-order chi connectivity index (χ0) is 17.2. The van der Waals surface area contributed by atoms with Gasteiger partial charge in [-0.25, -0.2) is 13.2 Å². The lowest BCUT2D eigenvalue weighted by atomic mass is 10.1. The number of nitrogens with one attached hydrogen (secondary N) is 1. The van der Waals surface area contributed by atoms with Crippen LogP contribution in [-0.2, 0) is 16.4 Å². The van der Waals surface area contributed by atoms with Gasteiger partial charge in [0.05, 0.1) is 17.0 Å². The summed E-state index contributed by atoms with van der Waals surface area (Å²) >= 11 is 1.76. The Bertz CT molecular complexity index is 1010. The molecule has 1 aromatic carbocycles. The molecule has 5 rings (SSSR count). The number of benzene rings is 1. The molecule has 4 heterocycles. The smallest absolute Gasteiger partial charge is 0.350 e. The van der Waals surface area contributed by atoms with E-state index in [1.54, 1.807) is 16.3 Å². The maximum atomic E-state index is 12.6. The molecule has 2 saturated heterocycles. The summed E-state index contributed by atoms with van der Waals surface area (Å²) in [6.07, 6.45) is 0. The van der Waals surface area contributed by atoms with Crippen molar-refractivity contribution in [3.63, 3.8) is 0 Å². The van der Waals surface area contributed by atoms with E-state index in [1.807, 2.05) is 18.2 Å². The molecule has 2 aromatic rings. The Morgan fingerprint density at radius 2 is 1.96 bits per heavy atom. The Kier molecular flexibility index (Phi) is 3.42. The lowest BCUT2D eigenvalue weighted by Crippen LogP contribution is -2.64. The third-order valence-electron chi connectivity index (χ3n) is 5.08. The molecule has 0 aliphatic carbocycles. The van der Waals surface area contributed by atoms with E-state index in [1.165, 1.54) is 0 Å². The molecule has 2 fully saturated rings. The van der Waals surface area contributed by atoms with Crippen molar-refractivity contribution in [1.29, 1.82) is 0 Å². The number of aryl methyl sites for hydroxylation is 1. The Morgan fingerprint density at radius 1 is 1.20 bits per heavy atom. The monoisotopic (exact) mass is 378 g/mol. The van der Waals surface area contributed by atoms with Crippen molar-refractivity contribution in [2.45, 2.75) is 23.5 Å². The molecule has 1 aromatic heterocycles. The van der Waals surface area contributed by atoms with Gasteiger partial charge in [-0.3, -0.25) is 4.57 Å². The second-order valence-electron chi connectivity index (χ2n) is 6.91. The summed E-state index contributed by atoms with van der Waals surface area (Å²) in [6.45, 7) is 1.78. The first-order valence-electron chi connectivity index (χ1n) is 8.38. The lowest BCUT2D eigenvalue weighted by molar-refractivity contribution is 0.387. The molecular formula is C16H18N4O3S2. The van der Waals surface area contributed by atoms with E-state index < -0.39 is 9.84 Å². The van der Waals surface area contributed by atoms with Gasteiger partial charge in [0.2, 0.25) is 0 Å². The molecular weight excluding hydrogens is 360 g/mol. The van der Waals surface area contributed by atoms with Crippen molar-refractivity contribution in [1.82, 2.24) is 14.9 Å². The highest BCUT2D eigenvalue weighted by atomic mass is 32.2. The van der Waals surface area contributed by atoms with E-state index in [0.717, 1.165) is 21.6 Å². The normalized spacial score (nSPS) is 27.4. The van der Waals surface area contributed by atoms with Crippen molar-refractivity contribution >= 4 is 38.3 Å². The summed E-state index contributed by atoms with van der Waals surface area (Å²) in [4.78, 5) is 20.2. The molecule has 2 unspecified atom stereocenters. The van der Waals surface area contributed by atoms with Gasteiger partial charge < -0.3 is 10.2 Å². The Morgan fingerprint density at radius 3 is 2.72 bits per heavy atom. The summed E-state index contributed by atoms with van der Waals surface area (Å²) in [7, 11) is -2.99. The van der Waals surface area contributed by atoms with Gasteiger partial charge >= 0.3 is 5.69 Å². The molecule has 0 saturated carbocycles. The summed E-state index contributed by atoms with van der Waals surface area (Å²) in [6, 6.07) is 5.84. The molecule has 0 radical (unpaired) electrons. The Balaban J connectivity index is 1.63. The fourth-order valence-electron chi connectivity index (χ4n) is 4.20. The summed E-state index contributed by atoms with van der Waals surface area (Å²) < 4.78 is 25.7. The van der Waals surface area contributed by atoms with Gasteiger partial charge in [-0.2, -0.15) is 4.98 Å². The fourth-order valence-corrected chi connectivity index (χ4v) is 6.99. The number of piperazine rings is 1. The van der Waals surface area contributed by atoms with Crippen molar-refractivity contribution in [2.24, 2.45) is 0 Å². The third-order valence-corrected chi connectivity index (χ3v) is 7.93. The van der Waals surface area contributed by atoms with Crippen molar-refractivity contribution < 1.29 is 8.42 Å². The van der Waals surface area contributed by atoms with Crippen LogP contribution in [0.3, 0.4) is 0 Å². The van der Waals surface area contributed by atoms with Gasteiger partial charge in [-0.1, -0.05) is 6.07 Å². The SMILES string of the molecule is O=c1nc(N2CC3CS(=O)(=O)CC(C2)N3)c2cccc3c2n1CCS3. The summed E-state index contributed by atoms with van der Waals surface area (Å²) in [5, 5.41) is 4.36. The van der Waals surface area contributed by atoms with Gasteiger partial charge in [0.15, 0.2) is 9.84 Å². The van der Waals surface area contributed by atoms with Gasteiger partial charge in [0.25, 0.3) is 0 Å². The first kappa shape index (κ1) is 15.7. The molecule has 7 nitrogen and oxygen atoms in total. The zero-order valence-corrected chi connectivity index (χ0v) is 15.1.